The Kier molecular flexibility index (Phi) is 10.9. The van der Waals surface area contributed by atoms with Crippen LogP contribution in [-0.2, 0) is 9.47 Å². The number of benzene rings is 2. The standard InChI is InChI=1S/C39H56N4O4/c1-27-11-10-12-28(25-27)32(34-26-43(31-19-22-40-23-20-31)35-14-9-8-13-33(34)35)21-24-42(37(45)47-39(5,6)7)30-17-15-29(16-18-30)41-36(44)46-38(2,3)4/h8-14,25-26,29-32,40H,15-24H2,1-7H3,(H,41,44). The molecular weight excluding hydrogens is 588 g/mol. The SMILES string of the molecule is Cc1cccc(C(CCN(C(=O)OC(C)(C)C)C2CCC(NC(=O)OC(C)(C)C)CC2)c2cn(C3CCNCC3)c3ccccc23)c1. The summed E-state index contributed by atoms with van der Waals surface area (Å²) in [5.41, 5.74) is 3.97. The molecule has 47 heavy (non-hydrogen) atoms. The van der Waals surface area contributed by atoms with Gasteiger partial charge in [-0.1, -0.05) is 48.0 Å². The Balaban J connectivity index is 1.41. The summed E-state index contributed by atoms with van der Waals surface area (Å²) >= 11 is 0. The number of carbonyl (C=O) groups is 2. The molecule has 1 unspecified atom stereocenters. The van der Waals surface area contributed by atoms with E-state index in [9.17, 15) is 9.59 Å². The smallest absolute Gasteiger partial charge is 0.410 e. The lowest BCUT2D eigenvalue weighted by Crippen LogP contribution is -2.48. The quantitative estimate of drug-likeness (QED) is 0.257. The van der Waals surface area contributed by atoms with Gasteiger partial charge in [-0.25, -0.2) is 9.59 Å². The Morgan fingerprint density at radius 1 is 0.915 bits per heavy atom. The van der Waals surface area contributed by atoms with Crippen LogP contribution < -0.4 is 10.6 Å². The lowest BCUT2D eigenvalue weighted by atomic mass is 9.86. The van der Waals surface area contributed by atoms with E-state index in [0.717, 1.165) is 58.0 Å². The van der Waals surface area contributed by atoms with Crippen LogP contribution in [0.4, 0.5) is 9.59 Å². The van der Waals surface area contributed by atoms with Crippen molar-refractivity contribution in [1.82, 2.24) is 20.1 Å². The number of aromatic nitrogens is 1. The van der Waals surface area contributed by atoms with Crippen LogP contribution >= 0.6 is 0 Å². The average molecular weight is 645 g/mol. The van der Waals surface area contributed by atoms with E-state index in [0.29, 0.717) is 12.6 Å². The van der Waals surface area contributed by atoms with Gasteiger partial charge in [0.2, 0.25) is 0 Å². The van der Waals surface area contributed by atoms with Gasteiger partial charge >= 0.3 is 12.2 Å². The third kappa shape index (κ3) is 9.31. The van der Waals surface area contributed by atoms with Gasteiger partial charge in [-0.15, -0.1) is 0 Å². The number of ether oxygens (including phenoxy) is 2. The van der Waals surface area contributed by atoms with Crippen molar-refractivity contribution in [2.75, 3.05) is 19.6 Å². The van der Waals surface area contributed by atoms with Crippen molar-refractivity contribution < 1.29 is 19.1 Å². The van der Waals surface area contributed by atoms with Gasteiger partial charge in [-0.05, 0) is 124 Å². The molecule has 1 atom stereocenters. The highest BCUT2D eigenvalue weighted by Gasteiger charge is 2.34. The summed E-state index contributed by atoms with van der Waals surface area (Å²) in [4.78, 5) is 28.3. The number of piperidine rings is 1. The number of amides is 2. The summed E-state index contributed by atoms with van der Waals surface area (Å²) in [5.74, 6) is 0.109. The molecule has 2 heterocycles. The summed E-state index contributed by atoms with van der Waals surface area (Å²) in [7, 11) is 0. The topological polar surface area (TPSA) is 84.8 Å². The van der Waals surface area contributed by atoms with E-state index in [1.54, 1.807) is 0 Å². The molecule has 1 saturated heterocycles. The molecule has 2 aliphatic rings. The Labute approximate surface area is 281 Å². The minimum Gasteiger partial charge on any atom is -0.444 e. The number of nitrogens with one attached hydrogen (secondary N) is 2. The molecule has 2 fully saturated rings. The van der Waals surface area contributed by atoms with Crippen LogP contribution in [0.5, 0.6) is 0 Å². The normalized spacial score (nSPS) is 20.1. The van der Waals surface area contributed by atoms with Crippen LogP contribution in [-0.4, -0.2) is 64.6 Å². The Morgan fingerprint density at radius 3 is 2.26 bits per heavy atom. The second kappa shape index (κ2) is 14.7. The summed E-state index contributed by atoms with van der Waals surface area (Å²) in [5, 5.41) is 7.85. The number of aryl methyl sites for hydroxylation is 1. The van der Waals surface area contributed by atoms with Crippen LogP contribution in [0, 0.1) is 6.92 Å². The summed E-state index contributed by atoms with van der Waals surface area (Å²) in [6.45, 7) is 16.2. The number of hydrogen-bond donors (Lipinski definition) is 2. The maximum Gasteiger partial charge on any atom is 0.410 e. The van der Waals surface area contributed by atoms with E-state index in [1.807, 2.05) is 46.4 Å². The first-order valence-electron chi connectivity index (χ1n) is 17.6. The van der Waals surface area contributed by atoms with Crippen molar-refractivity contribution in [1.29, 1.82) is 0 Å². The number of fused-ring (bicyclic) bond motifs is 1. The highest BCUT2D eigenvalue weighted by atomic mass is 16.6. The fourth-order valence-corrected chi connectivity index (χ4v) is 7.30. The van der Waals surface area contributed by atoms with E-state index < -0.39 is 11.2 Å². The molecule has 256 valence electrons. The number of alkyl carbamates (subject to hydrolysis) is 1. The van der Waals surface area contributed by atoms with Crippen LogP contribution in [0.25, 0.3) is 10.9 Å². The maximum atomic E-state index is 13.8. The Hall–Kier alpha value is -3.52. The predicted molar refractivity (Wildman–Crippen MR) is 189 cm³/mol. The fraction of sp³-hybridized carbons (Fsp3) is 0.590. The molecule has 8 heteroatoms. The lowest BCUT2D eigenvalue weighted by molar-refractivity contribution is 0.00968. The number of rotatable bonds is 8. The van der Waals surface area contributed by atoms with Crippen LogP contribution in [0.3, 0.4) is 0 Å². The van der Waals surface area contributed by atoms with Crippen LogP contribution in [0.15, 0.2) is 54.7 Å². The van der Waals surface area contributed by atoms with Gasteiger partial charge in [0.1, 0.15) is 11.2 Å². The molecule has 0 spiro atoms. The van der Waals surface area contributed by atoms with Crippen molar-refractivity contribution in [3.8, 4) is 0 Å². The number of nitrogens with zero attached hydrogens (tertiary/aromatic N) is 2. The van der Waals surface area contributed by atoms with Crippen LogP contribution in [0.1, 0.15) is 115 Å². The molecule has 2 N–H and O–H groups in total. The molecule has 0 radical (unpaired) electrons. The molecule has 5 rings (SSSR count). The van der Waals surface area contributed by atoms with Crippen molar-refractivity contribution in [2.24, 2.45) is 0 Å². The molecule has 0 bridgehead atoms. The number of carbonyl (C=O) groups excluding carboxylic acids is 2. The van der Waals surface area contributed by atoms with Crippen molar-refractivity contribution in [3.63, 3.8) is 0 Å². The number of para-hydroxylation sites is 1. The third-order valence-electron chi connectivity index (χ3n) is 9.44. The van der Waals surface area contributed by atoms with Crippen molar-refractivity contribution in [3.05, 3.63) is 71.4 Å². The lowest BCUT2D eigenvalue weighted by Gasteiger charge is -2.38. The second-order valence-electron chi connectivity index (χ2n) is 15.6. The minimum absolute atomic E-state index is 0.0303. The Bertz CT molecular complexity index is 1500. The fourth-order valence-electron chi connectivity index (χ4n) is 7.30. The molecule has 8 nitrogen and oxygen atoms in total. The van der Waals surface area contributed by atoms with E-state index in [4.69, 9.17) is 9.47 Å². The summed E-state index contributed by atoms with van der Waals surface area (Å²) in [6.07, 6.45) is 7.93. The highest BCUT2D eigenvalue weighted by Crippen LogP contribution is 2.38. The zero-order chi connectivity index (χ0) is 33.8. The largest absolute Gasteiger partial charge is 0.444 e. The first kappa shape index (κ1) is 34.8. The van der Waals surface area contributed by atoms with E-state index in [1.165, 1.54) is 27.6 Å². The Morgan fingerprint density at radius 2 is 1.60 bits per heavy atom. The van der Waals surface area contributed by atoms with Gasteiger partial charge in [-0.3, -0.25) is 0 Å². The third-order valence-corrected chi connectivity index (χ3v) is 9.44. The minimum atomic E-state index is -0.594. The number of hydrogen-bond acceptors (Lipinski definition) is 5. The molecule has 2 amide bonds. The van der Waals surface area contributed by atoms with Crippen molar-refractivity contribution in [2.45, 2.75) is 129 Å². The monoisotopic (exact) mass is 644 g/mol. The van der Waals surface area contributed by atoms with Gasteiger partial charge in [0.15, 0.2) is 0 Å². The molecule has 1 aliphatic heterocycles. The molecular formula is C39H56N4O4. The molecule has 1 saturated carbocycles. The predicted octanol–water partition coefficient (Wildman–Crippen LogP) is 8.47. The second-order valence-corrected chi connectivity index (χ2v) is 15.6. The molecule has 3 aromatic rings. The molecule has 1 aliphatic carbocycles. The van der Waals surface area contributed by atoms with Gasteiger partial charge in [0, 0.05) is 47.7 Å². The van der Waals surface area contributed by atoms with Gasteiger partial charge in [0.25, 0.3) is 0 Å². The zero-order valence-corrected chi connectivity index (χ0v) is 29.6. The molecule has 2 aromatic carbocycles. The van der Waals surface area contributed by atoms with Gasteiger partial charge in [-0.2, -0.15) is 0 Å². The summed E-state index contributed by atoms with van der Waals surface area (Å²) < 4.78 is 14.0. The maximum absolute atomic E-state index is 13.8. The van der Waals surface area contributed by atoms with Crippen LogP contribution in [0.2, 0.25) is 0 Å². The van der Waals surface area contributed by atoms with Crippen molar-refractivity contribution >= 4 is 23.1 Å². The molecule has 1 aromatic heterocycles. The average Bonchev–Trinajstić information content (AvgIpc) is 3.38. The zero-order valence-electron chi connectivity index (χ0n) is 29.6. The first-order chi connectivity index (χ1) is 22.3. The summed E-state index contributed by atoms with van der Waals surface area (Å²) in [6, 6.07) is 18.2. The van der Waals surface area contributed by atoms with E-state index in [2.05, 4.69) is 76.9 Å². The highest BCUT2D eigenvalue weighted by molar-refractivity contribution is 5.85. The first-order valence-corrected chi connectivity index (χ1v) is 17.6. The van der Waals surface area contributed by atoms with E-state index >= 15 is 0 Å². The van der Waals surface area contributed by atoms with Gasteiger partial charge < -0.3 is 29.6 Å². The van der Waals surface area contributed by atoms with E-state index in [-0.39, 0.29) is 30.2 Å². The van der Waals surface area contributed by atoms with Gasteiger partial charge in [0.05, 0.1) is 0 Å².